The molecule has 0 aliphatic carbocycles. The summed E-state index contributed by atoms with van der Waals surface area (Å²) in [5, 5.41) is 0.362. The summed E-state index contributed by atoms with van der Waals surface area (Å²) >= 11 is 3.02. The lowest BCUT2D eigenvalue weighted by Crippen LogP contribution is -1.97. The van der Waals surface area contributed by atoms with Gasteiger partial charge in [0.15, 0.2) is 5.78 Å². The highest BCUT2D eigenvalue weighted by Gasteiger charge is 1.97. The third kappa shape index (κ3) is 2.10. The number of carbonyl (C=O) groups is 1. The number of rotatable bonds is 2. The highest BCUT2D eigenvalue weighted by atomic mass is 79.9. The molecule has 44 valence electrons. The number of hydrogen-bond acceptors (Lipinski definition) is 1. The standard InChI is InChI=1S/C6H7BrO/c1-3-5(2)6(8)4-7/h1,4H2,2H3. The first-order valence-electron chi connectivity index (χ1n) is 2.18. The lowest BCUT2D eigenvalue weighted by molar-refractivity contribution is -0.113. The highest BCUT2D eigenvalue weighted by molar-refractivity contribution is 9.09. The van der Waals surface area contributed by atoms with E-state index in [1.807, 2.05) is 0 Å². The molecule has 0 fully saturated rings. The Morgan fingerprint density at radius 3 is 2.50 bits per heavy atom. The fraction of sp³-hybridized carbons (Fsp3) is 0.333. The van der Waals surface area contributed by atoms with Crippen LogP contribution in [0.1, 0.15) is 6.92 Å². The molecule has 0 aliphatic rings. The van der Waals surface area contributed by atoms with Crippen LogP contribution in [-0.2, 0) is 4.79 Å². The Hall–Kier alpha value is -0.330. The molecule has 0 heterocycles. The minimum Gasteiger partial charge on any atom is -0.293 e. The predicted molar refractivity (Wildman–Crippen MR) is 37.1 cm³/mol. The zero-order valence-electron chi connectivity index (χ0n) is 4.70. The molecule has 0 N–H and O–H groups in total. The molecule has 0 aromatic heterocycles. The maximum absolute atomic E-state index is 10.6. The van der Waals surface area contributed by atoms with Gasteiger partial charge in [0.1, 0.15) is 0 Å². The van der Waals surface area contributed by atoms with Crippen LogP contribution in [0.15, 0.2) is 17.9 Å². The van der Waals surface area contributed by atoms with Crippen molar-refractivity contribution >= 4 is 21.7 Å². The minimum absolute atomic E-state index is 0.0417. The average molecular weight is 175 g/mol. The molecule has 0 rings (SSSR count). The van der Waals surface area contributed by atoms with Crippen LogP contribution in [0.3, 0.4) is 0 Å². The van der Waals surface area contributed by atoms with E-state index in [1.165, 1.54) is 0 Å². The molecule has 2 heteroatoms. The predicted octanol–water partition coefficient (Wildman–Crippen LogP) is 1.68. The molecule has 0 aromatic carbocycles. The van der Waals surface area contributed by atoms with Gasteiger partial charge in [-0.15, -0.1) is 5.73 Å². The SMILES string of the molecule is C=C=C(C)C(=O)CBr. The molecular formula is C6H7BrO. The van der Waals surface area contributed by atoms with Gasteiger partial charge in [-0.3, -0.25) is 4.79 Å². The number of halogens is 1. The zero-order chi connectivity index (χ0) is 6.57. The van der Waals surface area contributed by atoms with Gasteiger partial charge >= 0.3 is 0 Å². The van der Waals surface area contributed by atoms with E-state index in [9.17, 15) is 4.79 Å². The second-order valence-corrected chi connectivity index (χ2v) is 1.92. The Morgan fingerprint density at radius 2 is 2.38 bits per heavy atom. The van der Waals surface area contributed by atoms with Crippen molar-refractivity contribution in [1.82, 2.24) is 0 Å². The Morgan fingerprint density at radius 1 is 1.88 bits per heavy atom. The van der Waals surface area contributed by atoms with Crippen molar-refractivity contribution in [2.45, 2.75) is 6.92 Å². The number of carbonyl (C=O) groups excluding carboxylic acids is 1. The van der Waals surface area contributed by atoms with Gasteiger partial charge in [-0.25, -0.2) is 0 Å². The molecule has 0 aliphatic heterocycles. The van der Waals surface area contributed by atoms with Gasteiger partial charge < -0.3 is 0 Å². The number of alkyl halides is 1. The van der Waals surface area contributed by atoms with Crippen LogP contribution in [0.25, 0.3) is 0 Å². The van der Waals surface area contributed by atoms with Gasteiger partial charge in [0, 0.05) is 5.57 Å². The second kappa shape index (κ2) is 3.65. The number of allylic oxidation sites excluding steroid dienone is 1. The molecular weight excluding hydrogens is 168 g/mol. The summed E-state index contributed by atoms with van der Waals surface area (Å²) in [4.78, 5) is 10.6. The van der Waals surface area contributed by atoms with Gasteiger partial charge in [0.25, 0.3) is 0 Å². The molecule has 0 radical (unpaired) electrons. The fourth-order valence-corrected chi connectivity index (χ4v) is 0.619. The third-order valence-electron chi connectivity index (χ3n) is 0.805. The van der Waals surface area contributed by atoms with Crippen LogP contribution < -0.4 is 0 Å². The van der Waals surface area contributed by atoms with E-state index < -0.39 is 0 Å². The highest BCUT2D eigenvalue weighted by Crippen LogP contribution is 1.93. The summed E-state index contributed by atoms with van der Waals surface area (Å²) in [5.74, 6) is 0.0417. The van der Waals surface area contributed by atoms with Crippen LogP contribution in [-0.4, -0.2) is 11.1 Å². The van der Waals surface area contributed by atoms with E-state index in [0.29, 0.717) is 10.9 Å². The number of hydrogen-bond donors (Lipinski definition) is 0. The van der Waals surface area contributed by atoms with Crippen molar-refractivity contribution < 1.29 is 4.79 Å². The fourth-order valence-electron chi connectivity index (χ4n) is 0.199. The minimum atomic E-state index is 0.0417. The Balaban J connectivity index is 4.04. The Kier molecular flexibility index (Phi) is 3.49. The lowest BCUT2D eigenvalue weighted by atomic mass is 10.2. The molecule has 0 atom stereocenters. The molecule has 0 saturated heterocycles. The number of Topliss-reactive ketones (excluding diaryl/α,β-unsaturated/α-hetero) is 1. The summed E-state index contributed by atoms with van der Waals surface area (Å²) in [5.41, 5.74) is 3.09. The Bertz CT molecular complexity index is 143. The third-order valence-corrected chi connectivity index (χ3v) is 1.31. The van der Waals surface area contributed by atoms with Gasteiger partial charge in [-0.2, -0.15) is 0 Å². The van der Waals surface area contributed by atoms with Crippen molar-refractivity contribution in [3.8, 4) is 0 Å². The summed E-state index contributed by atoms with van der Waals surface area (Å²) in [6, 6.07) is 0. The summed E-state index contributed by atoms with van der Waals surface area (Å²) in [6.07, 6.45) is 0. The quantitative estimate of drug-likeness (QED) is 0.354. The van der Waals surface area contributed by atoms with Gasteiger partial charge in [0.05, 0.1) is 5.33 Å². The van der Waals surface area contributed by atoms with Crippen molar-refractivity contribution in [2.75, 3.05) is 5.33 Å². The van der Waals surface area contributed by atoms with Crippen molar-refractivity contribution in [3.05, 3.63) is 17.9 Å². The first-order chi connectivity index (χ1) is 3.72. The van der Waals surface area contributed by atoms with Crippen molar-refractivity contribution in [3.63, 3.8) is 0 Å². The summed E-state index contributed by atoms with van der Waals surface area (Å²) < 4.78 is 0. The van der Waals surface area contributed by atoms with Gasteiger partial charge in [-0.05, 0) is 6.92 Å². The zero-order valence-corrected chi connectivity index (χ0v) is 6.29. The lowest BCUT2D eigenvalue weighted by Gasteiger charge is -1.86. The van der Waals surface area contributed by atoms with Gasteiger partial charge in [-0.1, -0.05) is 22.5 Å². The largest absolute Gasteiger partial charge is 0.293 e. The van der Waals surface area contributed by atoms with Crippen molar-refractivity contribution in [1.29, 1.82) is 0 Å². The maximum Gasteiger partial charge on any atom is 0.176 e. The molecule has 0 saturated carbocycles. The summed E-state index contributed by atoms with van der Waals surface area (Å²) in [6.45, 7) is 5.02. The van der Waals surface area contributed by atoms with Crippen LogP contribution in [0.5, 0.6) is 0 Å². The van der Waals surface area contributed by atoms with E-state index in [2.05, 4.69) is 28.2 Å². The smallest absolute Gasteiger partial charge is 0.176 e. The second-order valence-electron chi connectivity index (χ2n) is 1.36. The van der Waals surface area contributed by atoms with Crippen LogP contribution in [0, 0.1) is 0 Å². The maximum atomic E-state index is 10.6. The number of ketones is 1. The molecule has 8 heavy (non-hydrogen) atoms. The topological polar surface area (TPSA) is 17.1 Å². The van der Waals surface area contributed by atoms with Gasteiger partial charge in [0.2, 0.25) is 0 Å². The first kappa shape index (κ1) is 7.67. The average Bonchev–Trinajstić information content (AvgIpc) is 1.84. The molecule has 0 amide bonds. The molecule has 0 aromatic rings. The molecule has 0 unspecified atom stereocenters. The monoisotopic (exact) mass is 174 g/mol. The van der Waals surface area contributed by atoms with Crippen LogP contribution in [0.2, 0.25) is 0 Å². The van der Waals surface area contributed by atoms with Crippen LogP contribution >= 0.6 is 15.9 Å². The molecule has 0 spiro atoms. The molecule has 0 bridgehead atoms. The summed E-state index contributed by atoms with van der Waals surface area (Å²) in [7, 11) is 0. The van der Waals surface area contributed by atoms with Crippen molar-refractivity contribution in [2.24, 2.45) is 0 Å². The van der Waals surface area contributed by atoms with E-state index in [1.54, 1.807) is 6.92 Å². The van der Waals surface area contributed by atoms with E-state index >= 15 is 0 Å². The van der Waals surface area contributed by atoms with E-state index in [-0.39, 0.29) is 5.78 Å². The van der Waals surface area contributed by atoms with Crippen LogP contribution in [0.4, 0.5) is 0 Å². The first-order valence-corrected chi connectivity index (χ1v) is 3.30. The Labute approximate surface area is 57.2 Å². The van der Waals surface area contributed by atoms with E-state index in [0.717, 1.165) is 0 Å². The molecule has 1 nitrogen and oxygen atoms in total. The normalized spacial score (nSPS) is 7.75. The van der Waals surface area contributed by atoms with E-state index in [4.69, 9.17) is 0 Å².